The van der Waals surface area contributed by atoms with Crippen LogP contribution < -0.4 is 9.64 Å². The van der Waals surface area contributed by atoms with Gasteiger partial charge >= 0.3 is 0 Å². The number of carbonyl (C=O) groups is 1. The summed E-state index contributed by atoms with van der Waals surface area (Å²) in [6, 6.07) is 3.54. The molecule has 7 nitrogen and oxygen atoms in total. The van der Waals surface area contributed by atoms with Crippen LogP contribution in [0.25, 0.3) is 11.5 Å². The highest BCUT2D eigenvalue weighted by Crippen LogP contribution is 2.31. The molecular formula is C23H32N4O3. The summed E-state index contributed by atoms with van der Waals surface area (Å²) < 4.78 is 5.69. The van der Waals surface area contributed by atoms with E-state index in [0.29, 0.717) is 30.2 Å². The lowest BCUT2D eigenvalue weighted by molar-refractivity contribution is -0.119. The number of aliphatic hydroxyl groups is 1. The molecule has 0 aliphatic heterocycles. The van der Waals surface area contributed by atoms with Gasteiger partial charge in [-0.2, -0.15) is 0 Å². The Labute approximate surface area is 178 Å². The Kier molecular flexibility index (Phi) is 6.71. The molecule has 0 bridgehead atoms. The predicted molar refractivity (Wildman–Crippen MR) is 117 cm³/mol. The number of Topliss-reactive ketones (excluding diaryl/α,β-unsaturated/α-hetero) is 1. The van der Waals surface area contributed by atoms with Crippen LogP contribution in [0.2, 0.25) is 0 Å². The van der Waals surface area contributed by atoms with Crippen LogP contribution >= 0.6 is 0 Å². The number of rotatable bonds is 8. The number of ether oxygens (including phenoxy) is 1. The Morgan fingerprint density at radius 3 is 2.77 bits per heavy atom. The molecule has 0 radical (unpaired) electrons. The Hall–Kier alpha value is -2.54. The molecule has 0 unspecified atom stereocenters. The quantitative estimate of drug-likeness (QED) is 0.712. The van der Waals surface area contributed by atoms with Crippen molar-refractivity contribution < 1.29 is 14.6 Å². The maximum Gasteiger partial charge on any atom is 0.180 e. The van der Waals surface area contributed by atoms with Gasteiger partial charge in [-0.25, -0.2) is 9.97 Å². The number of fused-ring (bicyclic) bond motifs is 1. The van der Waals surface area contributed by atoms with E-state index in [0.717, 1.165) is 36.3 Å². The van der Waals surface area contributed by atoms with Crippen molar-refractivity contribution in [2.24, 2.45) is 5.41 Å². The van der Waals surface area contributed by atoms with Crippen LogP contribution in [0.15, 0.2) is 18.3 Å². The Morgan fingerprint density at radius 1 is 1.30 bits per heavy atom. The van der Waals surface area contributed by atoms with Gasteiger partial charge in [0.2, 0.25) is 0 Å². The number of ketones is 1. The first-order valence-electron chi connectivity index (χ1n) is 10.5. The fourth-order valence-electron chi connectivity index (χ4n) is 3.71. The summed E-state index contributed by atoms with van der Waals surface area (Å²) in [5.74, 6) is 2.15. The van der Waals surface area contributed by atoms with Crippen LogP contribution in [0.1, 0.15) is 51.8 Å². The summed E-state index contributed by atoms with van der Waals surface area (Å²) in [6.45, 7) is 8.28. The molecule has 30 heavy (non-hydrogen) atoms. The van der Waals surface area contributed by atoms with E-state index in [4.69, 9.17) is 14.7 Å². The molecule has 0 saturated heterocycles. The van der Waals surface area contributed by atoms with Crippen molar-refractivity contribution >= 4 is 11.6 Å². The molecule has 162 valence electrons. The zero-order chi connectivity index (χ0) is 21.9. The molecule has 0 spiro atoms. The van der Waals surface area contributed by atoms with E-state index in [-0.39, 0.29) is 23.9 Å². The highest BCUT2D eigenvalue weighted by molar-refractivity contribution is 5.84. The van der Waals surface area contributed by atoms with Gasteiger partial charge in [-0.1, -0.05) is 20.8 Å². The summed E-state index contributed by atoms with van der Waals surface area (Å²) in [5.41, 5.74) is 2.74. The summed E-state index contributed by atoms with van der Waals surface area (Å²) in [5, 5.41) is 9.23. The lowest BCUT2D eigenvalue weighted by Gasteiger charge is -2.23. The highest BCUT2D eigenvalue weighted by atomic mass is 16.5. The molecule has 1 N–H and O–H groups in total. The number of hydrogen-bond donors (Lipinski definition) is 1. The van der Waals surface area contributed by atoms with E-state index >= 15 is 0 Å². The third-order valence-corrected chi connectivity index (χ3v) is 4.97. The number of carbonyl (C=O) groups excluding carboxylic acids is 1. The maximum atomic E-state index is 12.5. The summed E-state index contributed by atoms with van der Waals surface area (Å²) >= 11 is 0. The van der Waals surface area contributed by atoms with Crippen LogP contribution in [0.5, 0.6) is 5.75 Å². The zero-order valence-electron chi connectivity index (χ0n) is 18.6. The summed E-state index contributed by atoms with van der Waals surface area (Å²) in [7, 11) is 1.92. The molecule has 2 heterocycles. The maximum absolute atomic E-state index is 12.5. The minimum atomic E-state index is -0.309. The van der Waals surface area contributed by atoms with Gasteiger partial charge in [0.15, 0.2) is 11.6 Å². The number of aliphatic hydroxyl groups excluding tert-OH is 1. The molecule has 7 heteroatoms. The number of pyridine rings is 1. The van der Waals surface area contributed by atoms with Crippen molar-refractivity contribution in [2.75, 3.05) is 25.1 Å². The smallest absolute Gasteiger partial charge is 0.180 e. The van der Waals surface area contributed by atoms with Gasteiger partial charge in [0.1, 0.15) is 23.4 Å². The SMILES string of the molecule is C[C@H](CO)Oc1ccnc(-c2nc3c(c(N(C)CC(=O)CC(C)(C)C)n2)CCC3)c1. The largest absolute Gasteiger partial charge is 0.488 e. The van der Waals surface area contributed by atoms with Gasteiger partial charge in [0.05, 0.1) is 13.2 Å². The van der Waals surface area contributed by atoms with E-state index in [2.05, 4.69) is 25.8 Å². The van der Waals surface area contributed by atoms with Crippen LogP contribution in [0.4, 0.5) is 5.82 Å². The molecule has 2 aromatic rings. The molecule has 0 fully saturated rings. The van der Waals surface area contributed by atoms with Gasteiger partial charge < -0.3 is 14.7 Å². The number of hydrogen-bond acceptors (Lipinski definition) is 7. The Balaban J connectivity index is 1.90. The third kappa shape index (κ3) is 5.53. The summed E-state index contributed by atoms with van der Waals surface area (Å²) in [4.78, 5) is 28.5. The number of likely N-dealkylation sites (N-methyl/N-ethyl adjacent to an activating group) is 1. The molecule has 2 aromatic heterocycles. The second-order valence-electron chi connectivity index (χ2n) is 9.27. The van der Waals surface area contributed by atoms with Crippen molar-refractivity contribution in [1.82, 2.24) is 15.0 Å². The molecule has 1 atom stereocenters. The van der Waals surface area contributed by atoms with Gasteiger partial charge in [-0.15, -0.1) is 0 Å². The topological polar surface area (TPSA) is 88.4 Å². The third-order valence-electron chi connectivity index (χ3n) is 4.97. The monoisotopic (exact) mass is 412 g/mol. The first-order chi connectivity index (χ1) is 14.2. The minimum absolute atomic E-state index is 0.0350. The van der Waals surface area contributed by atoms with E-state index in [1.165, 1.54) is 0 Å². The molecule has 0 aromatic carbocycles. The van der Waals surface area contributed by atoms with Crippen molar-refractivity contribution in [3.63, 3.8) is 0 Å². The first-order valence-corrected chi connectivity index (χ1v) is 10.5. The lowest BCUT2D eigenvalue weighted by atomic mass is 9.90. The Morgan fingerprint density at radius 2 is 2.07 bits per heavy atom. The fourth-order valence-corrected chi connectivity index (χ4v) is 3.71. The van der Waals surface area contributed by atoms with Gasteiger partial charge in [0, 0.05) is 37.0 Å². The van der Waals surface area contributed by atoms with Crippen molar-refractivity contribution in [3.8, 4) is 17.3 Å². The van der Waals surface area contributed by atoms with E-state index < -0.39 is 0 Å². The molecule has 0 amide bonds. The van der Waals surface area contributed by atoms with Crippen LogP contribution in [0.3, 0.4) is 0 Å². The van der Waals surface area contributed by atoms with Crippen molar-refractivity contribution in [3.05, 3.63) is 29.6 Å². The van der Waals surface area contributed by atoms with Crippen LogP contribution in [0, 0.1) is 5.41 Å². The number of nitrogens with zero attached hydrogens (tertiary/aromatic N) is 4. The highest BCUT2D eigenvalue weighted by Gasteiger charge is 2.24. The van der Waals surface area contributed by atoms with Crippen LogP contribution in [-0.2, 0) is 17.6 Å². The molecular weight excluding hydrogens is 380 g/mol. The van der Waals surface area contributed by atoms with E-state index in [1.807, 2.05) is 11.9 Å². The minimum Gasteiger partial charge on any atom is -0.488 e. The number of aryl methyl sites for hydroxylation is 1. The zero-order valence-corrected chi connectivity index (χ0v) is 18.6. The summed E-state index contributed by atoms with van der Waals surface area (Å²) in [6.07, 6.45) is 4.74. The van der Waals surface area contributed by atoms with Gasteiger partial charge in [-0.05, 0) is 37.7 Å². The van der Waals surface area contributed by atoms with Gasteiger partial charge in [0.25, 0.3) is 0 Å². The average molecular weight is 413 g/mol. The number of aromatic nitrogens is 3. The van der Waals surface area contributed by atoms with Crippen molar-refractivity contribution in [2.45, 2.75) is 59.5 Å². The second kappa shape index (κ2) is 9.08. The lowest BCUT2D eigenvalue weighted by Crippen LogP contribution is -2.30. The van der Waals surface area contributed by atoms with E-state index in [9.17, 15) is 9.90 Å². The first kappa shape index (κ1) is 22.2. The standard InChI is InChI=1S/C23H32N4O3/c1-15(14-28)30-17-9-10-24-20(11-17)21-25-19-8-6-7-18(19)22(26-21)27(5)13-16(29)12-23(2,3)4/h9-11,15,28H,6-8,12-14H2,1-5H3/t15-/m1/s1. The predicted octanol–water partition coefficient (Wildman–Crippen LogP) is 3.23. The molecule has 1 aliphatic rings. The fraction of sp³-hybridized carbons (Fsp3) is 0.565. The second-order valence-corrected chi connectivity index (χ2v) is 9.27. The number of anilines is 1. The Bertz CT molecular complexity index is 908. The van der Waals surface area contributed by atoms with E-state index in [1.54, 1.807) is 25.3 Å². The van der Waals surface area contributed by atoms with Crippen molar-refractivity contribution in [1.29, 1.82) is 0 Å². The molecule has 1 aliphatic carbocycles. The average Bonchev–Trinajstić information content (AvgIpc) is 3.14. The normalized spacial score (nSPS) is 14.3. The molecule has 0 saturated carbocycles. The van der Waals surface area contributed by atoms with Gasteiger partial charge in [-0.3, -0.25) is 9.78 Å². The van der Waals surface area contributed by atoms with Crippen LogP contribution in [-0.4, -0.2) is 52.1 Å². The molecule has 3 rings (SSSR count).